The first-order chi connectivity index (χ1) is 12.0. The van der Waals surface area contributed by atoms with Gasteiger partial charge in [0.2, 0.25) is 5.78 Å². The van der Waals surface area contributed by atoms with Crippen molar-refractivity contribution in [1.29, 1.82) is 0 Å². The molecule has 0 atom stereocenters. The number of hydrogen-bond donors (Lipinski definition) is 1. The second-order valence-electron chi connectivity index (χ2n) is 5.45. The van der Waals surface area contributed by atoms with Crippen LogP contribution in [0.3, 0.4) is 0 Å². The lowest BCUT2D eigenvalue weighted by Gasteiger charge is -2.13. The van der Waals surface area contributed by atoms with Crippen molar-refractivity contribution in [2.24, 2.45) is 0 Å². The summed E-state index contributed by atoms with van der Waals surface area (Å²) in [7, 11) is 0. The molecular weight excluding hydrogens is 340 g/mol. The normalized spacial score (nSPS) is 10.5. The number of carbonyl (C=O) groups excluding carboxylic acids is 3. The Bertz CT molecular complexity index is 1010. The van der Waals surface area contributed by atoms with Crippen LogP contribution in [-0.4, -0.2) is 22.8 Å². The van der Waals surface area contributed by atoms with E-state index >= 15 is 0 Å². The first kappa shape index (κ1) is 16.8. The lowest BCUT2D eigenvalue weighted by molar-refractivity contribution is -0.104. The van der Waals surface area contributed by atoms with Gasteiger partial charge >= 0.3 is 0 Å². The standard InChI is InChI=1S/C19H13ClN2O3/c1-11(24)15-8-13(20)4-5-17(15)22-14-7-12-3-2-6-21-19(12)16(9-14)18(25)10-23/h2-10,22H,1H3. The summed E-state index contributed by atoms with van der Waals surface area (Å²) < 4.78 is 0. The molecule has 0 saturated carbocycles. The van der Waals surface area contributed by atoms with E-state index in [0.29, 0.717) is 32.9 Å². The van der Waals surface area contributed by atoms with Crippen LogP contribution in [0.5, 0.6) is 0 Å². The Kier molecular flexibility index (Phi) is 4.59. The predicted molar refractivity (Wildman–Crippen MR) is 96.9 cm³/mol. The Hall–Kier alpha value is -3.05. The number of benzene rings is 2. The van der Waals surface area contributed by atoms with Gasteiger partial charge in [0.25, 0.3) is 0 Å². The van der Waals surface area contributed by atoms with Crippen LogP contribution in [0.15, 0.2) is 48.7 Å². The summed E-state index contributed by atoms with van der Waals surface area (Å²) in [5, 5.41) is 4.28. The molecule has 1 aromatic heterocycles. The molecule has 0 amide bonds. The molecule has 124 valence electrons. The summed E-state index contributed by atoms with van der Waals surface area (Å²) in [5.74, 6) is -0.799. The monoisotopic (exact) mass is 352 g/mol. The highest BCUT2D eigenvalue weighted by Gasteiger charge is 2.14. The van der Waals surface area contributed by atoms with Gasteiger partial charge in [-0.25, -0.2) is 0 Å². The van der Waals surface area contributed by atoms with Gasteiger partial charge in [0, 0.05) is 33.5 Å². The minimum Gasteiger partial charge on any atom is -0.355 e. The number of nitrogens with one attached hydrogen (secondary N) is 1. The van der Waals surface area contributed by atoms with E-state index in [4.69, 9.17) is 11.6 Å². The average molecular weight is 353 g/mol. The fraction of sp³-hybridized carbons (Fsp3) is 0.0526. The first-order valence-corrected chi connectivity index (χ1v) is 7.83. The lowest BCUT2D eigenvalue weighted by Crippen LogP contribution is -2.05. The van der Waals surface area contributed by atoms with Gasteiger partial charge in [0.05, 0.1) is 11.1 Å². The zero-order chi connectivity index (χ0) is 18.0. The topological polar surface area (TPSA) is 76.1 Å². The summed E-state index contributed by atoms with van der Waals surface area (Å²) in [6.45, 7) is 1.45. The van der Waals surface area contributed by atoms with Crippen LogP contribution in [0.25, 0.3) is 10.9 Å². The number of fused-ring (bicyclic) bond motifs is 1. The molecule has 0 saturated heterocycles. The number of hydrogen-bond acceptors (Lipinski definition) is 5. The Balaban J connectivity index is 2.13. The number of halogens is 1. The summed E-state index contributed by atoms with van der Waals surface area (Å²) in [6, 6.07) is 11.8. The summed E-state index contributed by atoms with van der Waals surface area (Å²) in [6.07, 6.45) is 1.82. The molecule has 25 heavy (non-hydrogen) atoms. The number of aromatic nitrogens is 1. The van der Waals surface area contributed by atoms with Gasteiger partial charge in [-0.05, 0) is 43.3 Å². The fourth-order valence-electron chi connectivity index (χ4n) is 2.59. The number of aldehydes is 1. The molecule has 0 aliphatic rings. The molecule has 6 heteroatoms. The Morgan fingerprint density at radius 2 is 1.92 bits per heavy atom. The zero-order valence-electron chi connectivity index (χ0n) is 13.2. The predicted octanol–water partition coefficient (Wildman–Crippen LogP) is 4.22. The van der Waals surface area contributed by atoms with Crippen molar-refractivity contribution in [3.05, 3.63) is 64.8 Å². The maximum atomic E-state index is 11.9. The van der Waals surface area contributed by atoms with E-state index in [-0.39, 0.29) is 17.6 Å². The van der Waals surface area contributed by atoms with E-state index in [2.05, 4.69) is 10.3 Å². The summed E-state index contributed by atoms with van der Waals surface area (Å²) in [4.78, 5) is 38.9. The van der Waals surface area contributed by atoms with E-state index in [9.17, 15) is 14.4 Å². The number of pyridine rings is 1. The largest absolute Gasteiger partial charge is 0.355 e. The molecule has 1 heterocycles. The van der Waals surface area contributed by atoms with Gasteiger partial charge in [0.1, 0.15) is 0 Å². The van der Waals surface area contributed by atoms with Crippen LogP contribution in [0.4, 0.5) is 11.4 Å². The SMILES string of the molecule is CC(=O)c1cc(Cl)ccc1Nc1cc(C(=O)C=O)c2ncccc2c1. The molecule has 5 nitrogen and oxygen atoms in total. The third kappa shape index (κ3) is 3.41. The van der Waals surface area contributed by atoms with Gasteiger partial charge in [-0.2, -0.15) is 0 Å². The minimum atomic E-state index is -0.657. The molecule has 0 aliphatic carbocycles. The van der Waals surface area contributed by atoms with Crippen molar-refractivity contribution in [3.63, 3.8) is 0 Å². The number of rotatable bonds is 5. The molecule has 3 aromatic rings. The molecule has 2 aromatic carbocycles. The maximum Gasteiger partial charge on any atom is 0.227 e. The first-order valence-electron chi connectivity index (χ1n) is 7.45. The third-order valence-corrected chi connectivity index (χ3v) is 3.95. The summed E-state index contributed by atoms with van der Waals surface area (Å²) >= 11 is 5.96. The number of nitrogens with zero attached hydrogens (tertiary/aromatic N) is 1. The van der Waals surface area contributed by atoms with Gasteiger partial charge in [-0.15, -0.1) is 0 Å². The number of Topliss-reactive ketones (excluding diaryl/α,β-unsaturated/α-hetero) is 2. The van der Waals surface area contributed by atoms with Crippen LogP contribution in [0, 0.1) is 0 Å². The second kappa shape index (κ2) is 6.83. The molecule has 0 spiro atoms. The molecule has 0 aliphatic heterocycles. The van der Waals surface area contributed by atoms with Crippen LogP contribution >= 0.6 is 11.6 Å². The van der Waals surface area contributed by atoms with E-state index in [1.165, 1.54) is 6.92 Å². The highest BCUT2D eigenvalue weighted by atomic mass is 35.5. The Morgan fingerprint density at radius 3 is 2.64 bits per heavy atom. The Labute approximate surface area is 148 Å². The van der Waals surface area contributed by atoms with Crippen LogP contribution in [0.1, 0.15) is 27.6 Å². The smallest absolute Gasteiger partial charge is 0.227 e. The van der Waals surface area contributed by atoms with Crippen molar-refractivity contribution in [2.75, 3.05) is 5.32 Å². The van der Waals surface area contributed by atoms with Gasteiger partial charge in [0.15, 0.2) is 12.1 Å². The van der Waals surface area contributed by atoms with Gasteiger partial charge in [-0.3, -0.25) is 19.4 Å². The molecular formula is C19H13ClN2O3. The fourth-order valence-corrected chi connectivity index (χ4v) is 2.76. The molecule has 0 unspecified atom stereocenters. The quantitative estimate of drug-likeness (QED) is 0.422. The lowest BCUT2D eigenvalue weighted by atomic mass is 10.0. The molecule has 0 fully saturated rings. The van der Waals surface area contributed by atoms with Gasteiger partial charge in [-0.1, -0.05) is 17.7 Å². The van der Waals surface area contributed by atoms with Crippen molar-refractivity contribution in [1.82, 2.24) is 4.98 Å². The molecule has 0 bridgehead atoms. The van der Waals surface area contributed by atoms with Crippen molar-refractivity contribution in [3.8, 4) is 0 Å². The van der Waals surface area contributed by atoms with Crippen molar-refractivity contribution in [2.45, 2.75) is 6.92 Å². The summed E-state index contributed by atoms with van der Waals surface area (Å²) in [5.41, 5.74) is 2.21. The zero-order valence-corrected chi connectivity index (χ0v) is 14.0. The van der Waals surface area contributed by atoms with E-state index in [1.807, 2.05) is 0 Å². The van der Waals surface area contributed by atoms with Crippen LogP contribution < -0.4 is 5.32 Å². The van der Waals surface area contributed by atoms with Gasteiger partial charge < -0.3 is 5.32 Å². The molecule has 1 N–H and O–H groups in total. The minimum absolute atomic E-state index is 0.142. The number of ketones is 2. The second-order valence-corrected chi connectivity index (χ2v) is 5.89. The van der Waals surface area contributed by atoms with Crippen molar-refractivity contribution >= 4 is 51.7 Å². The van der Waals surface area contributed by atoms with Crippen molar-refractivity contribution < 1.29 is 14.4 Å². The van der Waals surface area contributed by atoms with E-state index < -0.39 is 5.78 Å². The number of anilines is 2. The van der Waals surface area contributed by atoms with Crippen LogP contribution in [-0.2, 0) is 4.79 Å². The third-order valence-electron chi connectivity index (χ3n) is 3.72. The molecule has 0 radical (unpaired) electrons. The Morgan fingerprint density at radius 1 is 1.12 bits per heavy atom. The van der Waals surface area contributed by atoms with Crippen LogP contribution in [0.2, 0.25) is 5.02 Å². The molecule has 3 rings (SSSR count). The maximum absolute atomic E-state index is 11.9. The average Bonchev–Trinajstić information content (AvgIpc) is 2.61. The highest BCUT2D eigenvalue weighted by molar-refractivity contribution is 6.36. The highest BCUT2D eigenvalue weighted by Crippen LogP contribution is 2.28. The van der Waals surface area contributed by atoms with E-state index in [0.717, 1.165) is 0 Å². The van der Waals surface area contributed by atoms with E-state index in [1.54, 1.807) is 48.7 Å². The number of carbonyl (C=O) groups is 3.